The highest BCUT2D eigenvalue weighted by molar-refractivity contribution is 5.97. The molecule has 0 saturated carbocycles. The SMILES string of the molecule is CN(C(=O)c1ccn(C)n1)[C@@H](Cc1ccccc1)C1CCN(C(=O)c2ccc3c(c2)no[n+]3[O-])CC1. The topological polar surface area (TPSA) is 111 Å². The third-order valence-electron chi connectivity index (χ3n) is 7.04. The lowest BCUT2D eigenvalue weighted by atomic mass is 9.84. The summed E-state index contributed by atoms with van der Waals surface area (Å²) < 4.78 is 6.24. The van der Waals surface area contributed by atoms with Crippen molar-refractivity contribution in [1.29, 1.82) is 0 Å². The molecule has 3 heterocycles. The Labute approximate surface area is 208 Å². The van der Waals surface area contributed by atoms with Gasteiger partial charge in [-0.1, -0.05) is 30.3 Å². The number of fused-ring (bicyclic) bond motifs is 1. The van der Waals surface area contributed by atoms with Crippen molar-refractivity contribution in [3.05, 3.63) is 82.8 Å². The van der Waals surface area contributed by atoms with Crippen molar-refractivity contribution in [1.82, 2.24) is 24.7 Å². The summed E-state index contributed by atoms with van der Waals surface area (Å²) in [6.45, 7) is 1.16. The molecule has 5 rings (SSSR count). The van der Waals surface area contributed by atoms with Crippen molar-refractivity contribution < 1.29 is 19.1 Å². The quantitative estimate of drug-likeness (QED) is 0.386. The molecule has 10 nitrogen and oxygen atoms in total. The average molecular weight is 489 g/mol. The first-order chi connectivity index (χ1) is 17.4. The summed E-state index contributed by atoms with van der Waals surface area (Å²) in [7, 11) is 3.64. The molecule has 0 N–H and O–H groups in total. The predicted octanol–water partition coefficient (Wildman–Crippen LogP) is 2.43. The molecule has 1 aliphatic rings. The van der Waals surface area contributed by atoms with Crippen LogP contribution >= 0.6 is 0 Å². The zero-order chi connectivity index (χ0) is 25.2. The normalized spacial score (nSPS) is 15.2. The van der Waals surface area contributed by atoms with Crippen molar-refractivity contribution in [3.63, 3.8) is 0 Å². The van der Waals surface area contributed by atoms with Gasteiger partial charge in [0.15, 0.2) is 0 Å². The van der Waals surface area contributed by atoms with Gasteiger partial charge in [-0.3, -0.25) is 18.9 Å². The van der Waals surface area contributed by atoms with Crippen molar-refractivity contribution in [2.75, 3.05) is 20.1 Å². The van der Waals surface area contributed by atoms with Gasteiger partial charge in [0.2, 0.25) is 11.0 Å². The zero-order valence-electron chi connectivity index (χ0n) is 20.3. The fourth-order valence-corrected chi connectivity index (χ4v) is 5.01. The maximum atomic E-state index is 13.2. The van der Waals surface area contributed by atoms with Gasteiger partial charge in [0, 0.05) is 56.2 Å². The van der Waals surface area contributed by atoms with Gasteiger partial charge in [-0.05, 0) is 53.8 Å². The lowest BCUT2D eigenvalue weighted by Gasteiger charge is -2.40. The van der Waals surface area contributed by atoms with Crippen LogP contribution < -0.4 is 4.90 Å². The molecule has 0 bridgehead atoms. The smallest absolute Gasteiger partial charge is 0.274 e. The summed E-state index contributed by atoms with van der Waals surface area (Å²) >= 11 is 0. The number of carbonyl (C=O) groups excluding carboxylic acids is 2. The van der Waals surface area contributed by atoms with Crippen LogP contribution in [0.4, 0.5) is 0 Å². The lowest BCUT2D eigenvalue weighted by molar-refractivity contribution is -0.782. The molecule has 1 aliphatic heterocycles. The monoisotopic (exact) mass is 488 g/mol. The standard InChI is InChI=1S/C26H28N6O4/c1-29-13-12-21(27-29)26(34)30(2)24(16-18-6-4-3-5-7-18)19-10-14-31(15-11-19)25(33)20-8-9-23-22(17-20)28-36-32(23)35/h3-9,12-13,17,19,24H,10-11,14-16H2,1-2H3/t24-/m0/s1. The van der Waals surface area contributed by atoms with E-state index in [4.69, 9.17) is 0 Å². The van der Waals surface area contributed by atoms with Crippen molar-refractivity contribution in [3.8, 4) is 0 Å². The van der Waals surface area contributed by atoms with E-state index < -0.39 is 0 Å². The van der Waals surface area contributed by atoms with E-state index in [1.807, 2.05) is 35.0 Å². The van der Waals surface area contributed by atoms with Gasteiger partial charge >= 0.3 is 0 Å². The minimum atomic E-state index is -0.105. The Hall–Kier alpha value is -4.21. The van der Waals surface area contributed by atoms with Crippen LogP contribution in [0.3, 0.4) is 0 Å². The van der Waals surface area contributed by atoms with Crippen molar-refractivity contribution in [2.24, 2.45) is 13.0 Å². The number of aromatic nitrogens is 4. The molecule has 1 saturated heterocycles. The van der Waals surface area contributed by atoms with E-state index in [9.17, 15) is 14.8 Å². The summed E-state index contributed by atoms with van der Waals surface area (Å²) in [6, 6.07) is 16.6. The molecule has 2 aromatic carbocycles. The number of rotatable bonds is 6. The van der Waals surface area contributed by atoms with E-state index in [1.165, 1.54) is 5.56 Å². The minimum absolute atomic E-state index is 0.0295. The van der Waals surface area contributed by atoms with Crippen LogP contribution in [-0.4, -0.2) is 62.7 Å². The van der Waals surface area contributed by atoms with Crippen LogP contribution in [0, 0.1) is 11.1 Å². The third kappa shape index (κ3) is 4.66. The fraction of sp³-hybridized carbons (Fsp3) is 0.346. The third-order valence-corrected chi connectivity index (χ3v) is 7.04. The zero-order valence-corrected chi connectivity index (χ0v) is 20.3. The number of benzene rings is 2. The summed E-state index contributed by atoms with van der Waals surface area (Å²) in [6.07, 6.45) is 4.04. The number of likely N-dealkylation sites (N-methyl/N-ethyl adjacent to an activating group) is 1. The summed E-state index contributed by atoms with van der Waals surface area (Å²) in [5.74, 6) is 0.0178. The molecule has 10 heteroatoms. The molecule has 1 atom stereocenters. The summed E-state index contributed by atoms with van der Waals surface area (Å²) in [5.41, 5.74) is 2.70. The van der Waals surface area contributed by atoms with E-state index >= 15 is 0 Å². The number of aryl methyl sites for hydroxylation is 1. The van der Waals surface area contributed by atoms with Gasteiger partial charge in [0.25, 0.3) is 11.8 Å². The highest BCUT2D eigenvalue weighted by Gasteiger charge is 2.34. The average Bonchev–Trinajstić information content (AvgIpc) is 3.52. The molecule has 0 radical (unpaired) electrons. The van der Waals surface area contributed by atoms with Crippen molar-refractivity contribution >= 4 is 22.8 Å². The summed E-state index contributed by atoms with van der Waals surface area (Å²) in [5, 5.41) is 19.5. The number of nitrogens with zero attached hydrogens (tertiary/aromatic N) is 6. The number of piperidine rings is 1. The number of amides is 2. The second-order valence-corrected chi connectivity index (χ2v) is 9.31. The second kappa shape index (κ2) is 9.80. The van der Waals surface area contributed by atoms with Crippen LogP contribution in [0.2, 0.25) is 0 Å². The van der Waals surface area contributed by atoms with E-state index in [0.29, 0.717) is 34.8 Å². The molecule has 36 heavy (non-hydrogen) atoms. The lowest BCUT2D eigenvalue weighted by Crippen LogP contribution is -2.48. The second-order valence-electron chi connectivity index (χ2n) is 9.31. The Morgan fingerprint density at radius 1 is 1.17 bits per heavy atom. The number of hydrogen-bond acceptors (Lipinski definition) is 6. The molecule has 0 spiro atoms. The molecular weight excluding hydrogens is 460 g/mol. The van der Waals surface area contributed by atoms with Gasteiger partial charge in [-0.15, -0.1) is 0 Å². The Balaban J connectivity index is 1.31. The fourth-order valence-electron chi connectivity index (χ4n) is 5.01. The first-order valence-electron chi connectivity index (χ1n) is 12.0. The predicted molar refractivity (Wildman–Crippen MR) is 131 cm³/mol. The molecule has 0 aliphatic carbocycles. The largest absolute Gasteiger partial charge is 0.359 e. The van der Waals surface area contributed by atoms with Crippen molar-refractivity contribution in [2.45, 2.75) is 25.3 Å². The highest BCUT2D eigenvalue weighted by Crippen LogP contribution is 2.28. The first-order valence-corrected chi connectivity index (χ1v) is 12.0. The number of carbonyl (C=O) groups is 2. The molecule has 186 valence electrons. The Bertz CT molecular complexity index is 1370. The van der Waals surface area contributed by atoms with Crippen LogP contribution in [0.1, 0.15) is 39.3 Å². The van der Waals surface area contributed by atoms with Crippen LogP contribution in [-0.2, 0) is 13.5 Å². The maximum absolute atomic E-state index is 13.2. The molecule has 2 amide bonds. The number of hydrogen-bond donors (Lipinski definition) is 0. The van der Waals surface area contributed by atoms with Gasteiger partial charge < -0.3 is 15.0 Å². The van der Waals surface area contributed by atoms with E-state index in [0.717, 1.165) is 19.3 Å². The van der Waals surface area contributed by atoms with E-state index in [1.54, 1.807) is 42.2 Å². The van der Waals surface area contributed by atoms with Gasteiger partial charge in [0.1, 0.15) is 5.69 Å². The number of likely N-dealkylation sites (tertiary alicyclic amines) is 1. The summed E-state index contributed by atoms with van der Waals surface area (Å²) in [4.78, 5) is 30.4. The van der Waals surface area contributed by atoms with Crippen LogP contribution in [0.25, 0.3) is 11.0 Å². The maximum Gasteiger partial charge on any atom is 0.274 e. The first kappa shape index (κ1) is 23.5. The van der Waals surface area contributed by atoms with Gasteiger partial charge in [-0.25, -0.2) is 0 Å². The Morgan fingerprint density at radius 3 is 2.61 bits per heavy atom. The molecule has 0 unspecified atom stereocenters. The van der Waals surface area contributed by atoms with E-state index in [2.05, 4.69) is 27.0 Å². The Morgan fingerprint density at radius 2 is 1.92 bits per heavy atom. The Kier molecular flexibility index (Phi) is 6.41. The molecule has 2 aromatic heterocycles. The molecule has 4 aromatic rings. The van der Waals surface area contributed by atoms with E-state index in [-0.39, 0.29) is 29.3 Å². The van der Waals surface area contributed by atoms with Crippen LogP contribution in [0.15, 0.2) is 65.4 Å². The van der Waals surface area contributed by atoms with Crippen LogP contribution in [0.5, 0.6) is 0 Å². The van der Waals surface area contributed by atoms with Gasteiger partial charge in [-0.2, -0.15) is 5.10 Å². The molecular formula is C26H28N6O4. The molecule has 1 fully saturated rings. The minimum Gasteiger partial charge on any atom is -0.359 e. The highest BCUT2D eigenvalue weighted by atomic mass is 16.8. The van der Waals surface area contributed by atoms with Gasteiger partial charge in [0.05, 0.1) is 0 Å².